The zero-order valence-electron chi connectivity index (χ0n) is 11.5. The van der Waals surface area contributed by atoms with Crippen molar-refractivity contribution in [2.75, 3.05) is 0 Å². The van der Waals surface area contributed by atoms with E-state index in [9.17, 15) is 9.59 Å². The van der Waals surface area contributed by atoms with Crippen LogP contribution in [0.5, 0.6) is 0 Å². The Balaban J connectivity index is 2.09. The average molecular weight is 281 g/mol. The van der Waals surface area contributed by atoms with Gasteiger partial charge in [-0.2, -0.15) is 0 Å². The molecule has 100 valence electrons. The van der Waals surface area contributed by atoms with Crippen LogP contribution in [0.3, 0.4) is 0 Å². The molecule has 0 spiro atoms. The highest BCUT2D eigenvalue weighted by molar-refractivity contribution is 6.91. The first-order valence-corrected chi connectivity index (χ1v) is 9.51. The summed E-state index contributed by atoms with van der Waals surface area (Å²) in [6.07, 6.45) is 0. The number of hydrogen-bond acceptors (Lipinski definition) is 2. The third-order valence-corrected chi connectivity index (χ3v) is 7.10. The third kappa shape index (κ3) is 1.72. The van der Waals surface area contributed by atoms with Crippen LogP contribution in [0.2, 0.25) is 13.1 Å². The van der Waals surface area contributed by atoms with Crippen molar-refractivity contribution in [2.45, 2.75) is 13.1 Å². The summed E-state index contributed by atoms with van der Waals surface area (Å²) in [5.74, 6) is -0.322. The average Bonchev–Trinajstić information content (AvgIpc) is 2.73. The van der Waals surface area contributed by atoms with Crippen molar-refractivity contribution in [2.24, 2.45) is 0 Å². The lowest BCUT2D eigenvalue weighted by molar-refractivity contribution is 0.0754. The predicted octanol–water partition coefficient (Wildman–Crippen LogP) is 2.39. The number of imide groups is 1. The van der Waals surface area contributed by atoms with Gasteiger partial charge in [-0.05, 0) is 30.4 Å². The van der Waals surface area contributed by atoms with Gasteiger partial charge in [0.1, 0.15) is 0 Å². The molecule has 2 amide bonds. The lowest BCUT2D eigenvalue weighted by atomic mass is 10.1. The van der Waals surface area contributed by atoms with Gasteiger partial charge in [0.05, 0.1) is 11.1 Å². The fourth-order valence-electron chi connectivity index (χ4n) is 2.67. The second-order valence-corrected chi connectivity index (χ2v) is 9.56. The quantitative estimate of drug-likeness (QED) is 0.626. The van der Waals surface area contributed by atoms with E-state index in [0.29, 0.717) is 11.1 Å². The number of nitrogens with zero attached hydrogens (tertiary/aromatic N) is 1. The van der Waals surface area contributed by atoms with Crippen molar-refractivity contribution < 1.29 is 9.59 Å². The normalized spacial score (nSPS) is 14.6. The van der Waals surface area contributed by atoms with Gasteiger partial charge in [-0.1, -0.05) is 42.5 Å². The molecule has 3 nitrogen and oxygen atoms in total. The van der Waals surface area contributed by atoms with E-state index >= 15 is 0 Å². The van der Waals surface area contributed by atoms with Crippen LogP contribution < -0.4 is 5.19 Å². The number of carbonyl (C=O) groups is 2. The smallest absolute Gasteiger partial charge is 0.253 e. The SMILES string of the molecule is C[Si](C)(c1ccccc1)N1C(=O)c2ccccc2C1=O. The fraction of sp³-hybridized carbons (Fsp3) is 0.125. The summed E-state index contributed by atoms with van der Waals surface area (Å²) in [6.45, 7) is 4.06. The molecular formula is C16H15NO2Si. The number of fused-ring (bicyclic) bond motifs is 1. The summed E-state index contributed by atoms with van der Waals surface area (Å²) in [4.78, 5) is 25.1. The minimum atomic E-state index is -2.34. The lowest BCUT2D eigenvalue weighted by Gasteiger charge is -2.32. The summed E-state index contributed by atoms with van der Waals surface area (Å²) < 4.78 is 1.49. The molecule has 0 bridgehead atoms. The Kier molecular flexibility index (Phi) is 2.83. The van der Waals surface area contributed by atoms with Gasteiger partial charge in [-0.15, -0.1) is 0 Å². The van der Waals surface area contributed by atoms with Gasteiger partial charge in [0.25, 0.3) is 11.8 Å². The van der Waals surface area contributed by atoms with Crippen LogP contribution in [-0.2, 0) is 0 Å². The number of amides is 2. The maximum Gasteiger partial charge on any atom is 0.253 e. The summed E-state index contributed by atoms with van der Waals surface area (Å²) in [6, 6.07) is 16.9. The van der Waals surface area contributed by atoms with Crippen LogP contribution in [0.4, 0.5) is 0 Å². The summed E-state index contributed by atoms with van der Waals surface area (Å²) in [7, 11) is -2.34. The molecule has 4 heteroatoms. The van der Waals surface area contributed by atoms with Crippen molar-refractivity contribution >= 4 is 25.2 Å². The van der Waals surface area contributed by atoms with Crippen LogP contribution >= 0.6 is 0 Å². The maximum atomic E-state index is 12.6. The standard InChI is InChI=1S/C16H15NO2Si/c1-20(2,12-8-4-3-5-9-12)17-15(18)13-10-6-7-11-14(13)16(17)19/h3-11H,1-2H3. The highest BCUT2D eigenvalue weighted by Gasteiger charge is 2.45. The largest absolute Gasteiger partial charge is 0.299 e. The van der Waals surface area contributed by atoms with Crippen LogP contribution in [-0.4, -0.2) is 24.6 Å². The van der Waals surface area contributed by atoms with Crippen molar-refractivity contribution in [3.63, 3.8) is 0 Å². The number of hydrogen-bond donors (Lipinski definition) is 0. The summed E-state index contributed by atoms with van der Waals surface area (Å²) in [5, 5.41) is 1.08. The highest BCUT2D eigenvalue weighted by Crippen LogP contribution is 2.27. The molecule has 0 aliphatic carbocycles. The van der Waals surface area contributed by atoms with Crippen LogP contribution in [0.15, 0.2) is 54.6 Å². The molecule has 20 heavy (non-hydrogen) atoms. The van der Waals surface area contributed by atoms with E-state index in [1.807, 2.05) is 43.4 Å². The summed E-state index contributed by atoms with van der Waals surface area (Å²) >= 11 is 0. The van der Waals surface area contributed by atoms with Crippen molar-refractivity contribution in [3.05, 3.63) is 65.7 Å². The Morgan fingerprint density at radius 3 is 1.70 bits per heavy atom. The van der Waals surface area contributed by atoms with Crippen LogP contribution in [0.25, 0.3) is 0 Å². The second kappa shape index (κ2) is 4.42. The minimum Gasteiger partial charge on any atom is -0.299 e. The molecular weight excluding hydrogens is 266 g/mol. The van der Waals surface area contributed by atoms with E-state index in [4.69, 9.17) is 0 Å². The van der Waals surface area contributed by atoms with Gasteiger partial charge in [0, 0.05) is 0 Å². The van der Waals surface area contributed by atoms with E-state index in [1.165, 1.54) is 4.57 Å². The number of benzene rings is 2. The Bertz CT molecular complexity index is 660. The van der Waals surface area contributed by atoms with E-state index < -0.39 is 8.24 Å². The Labute approximate surface area is 118 Å². The molecule has 0 radical (unpaired) electrons. The Morgan fingerprint density at radius 2 is 1.20 bits per heavy atom. The number of carbonyl (C=O) groups excluding carboxylic acids is 2. The molecule has 0 fully saturated rings. The lowest BCUT2D eigenvalue weighted by Crippen LogP contribution is -2.60. The summed E-state index contributed by atoms with van der Waals surface area (Å²) in [5.41, 5.74) is 1.04. The first kappa shape index (κ1) is 12.8. The molecule has 1 heterocycles. The van der Waals surface area contributed by atoms with Crippen molar-refractivity contribution in [3.8, 4) is 0 Å². The van der Waals surface area contributed by atoms with Gasteiger partial charge >= 0.3 is 0 Å². The molecule has 0 saturated carbocycles. The van der Waals surface area contributed by atoms with Gasteiger partial charge in [0.2, 0.25) is 0 Å². The molecule has 1 aliphatic rings. The molecule has 1 aliphatic heterocycles. The zero-order chi connectivity index (χ0) is 14.3. The molecule has 0 atom stereocenters. The predicted molar refractivity (Wildman–Crippen MR) is 80.5 cm³/mol. The molecule has 3 rings (SSSR count). The van der Waals surface area contributed by atoms with Gasteiger partial charge in [-0.25, -0.2) is 0 Å². The Hall–Kier alpha value is -2.20. The maximum absolute atomic E-state index is 12.6. The van der Waals surface area contributed by atoms with Gasteiger partial charge < -0.3 is 0 Å². The van der Waals surface area contributed by atoms with E-state index in [0.717, 1.165) is 5.19 Å². The van der Waals surface area contributed by atoms with Gasteiger partial charge in [-0.3, -0.25) is 14.2 Å². The second-order valence-electron chi connectivity index (χ2n) is 5.42. The molecule has 0 unspecified atom stereocenters. The zero-order valence-corrected chi connectivity index (χ0v) is 12.5. The molecule has 0 aromatic heterocycles. The fourth-order valence-corrected chi connectivity index (χ4v) is 5.19. The number of rotatable bonds is 2. The molecule has 0 N–H and O–H groups in total. The van der Waals surface area contributed by atoms with Crippen molar-refractivity contribution in [1.29, 1.82) is 0 Å². The first-order chi connectivity index (χ1) is 9.53. The van der Waals surface area contributed by atoms with E-state index in [1.54, 1.807) is 24.3 Å². The molecule has 0 saturated heterocycles. The topological polar surface area (TPSA) is 37.4 Å². The van der Waals surface area contributed by atoms with E-state index in [-0.39, 0.29) is 11.8 Å². The minimum absolute atomic E-state index is 0.161. The first-order valence-electron chi connectivity index (χ1n) is 6.57. The molecule has 2 aromatic carbocycles. The van der Waals surface area contributed by atoms with Crippen LogP contribution in [0.1, 0.15) is 20.7 Å². The molecule has 2 aromatic rings. The monoisotopic (exact) mass is 281 g/mol. The van der Waals surface area contributed by atoms with E-state index in [2.05, 4.69) is 0 Å². The van der Waals surface area contributed by atoms with Gasteiger partial charge in [0.15, 0.2) is 8.24 Å². The van der Waals surface area contributed by atoms with Crippen LogP contribution in [0, 0.1) is 0 Å². The Morgan fingerprint density at radius 1 is 0.750 bits per heavy atom. The van der Waals surface area contributed by atoms with Crippen molar-refractivity contribution in [1.82, 2.24) is 4.57 Å². The highest BCUT2D eigenvalue weighted by atomic mass is 28.3. The third-order valence-electron chi connectivity index (χ3n) is 3.83.